The molecule has 64 heavy (non-hydrogen) atoms. The van der Waals surface area contributed by atoms with E-state index in [2.05, 4.69) is 167 Å². The maximum atomic E-state index is 7.34. The molecule has 0 saturated heterocycles. The number of hydrogen-bond acceptors (Lipinski definition) is 6. The van der Waals surface area contributed by atoms with Crippen molar-refractivity contribution in [2.75, 3.05) is 23.0 Å². The van der Waals surface area contributed by atoms with E-state index >= 15 is 0 Å². The van der Waals surface area contributed by atoms with E-state index in [4.69, 9.17) is 29.9 Å². The Balaban J connectivity index is 1.20. The van der Waals surface area contributed by atoms with Crippen molar-refractivity contribution >= 4 is 67.7 Å². The Morgan fingerprint density at radius 1 is 0.453 bits per heavy atom. The molecule has 3 heterocycles. The minimum Gasteiger partial charge on any atom is -0.486 e. The number of rotatable bonds is 8. The number of ether oxygens (including phenoxy) is 2. The molecule has 10 rings (SSSR count). The van der Waals surface area contributed by atoms with Crippen molar-refractivity contribution in [2.24, 2.45) is 0 Å². The second kappa shape index (κ2) is 16.0. The van der Waals surface area contributed by atoms with Gasteiger partial charge in [-0.1, -0.05) is 108 Å². The van der Waals surface area contributed by atoms with Crippen molar-refractivity contribution in [2.45, 2.75) is 59.3 Å². The van der Waals surface area contributed by atoms with Crippen LogP contribution < -0.4 is 19.3 Å². The van der Waals surface area contributed by atoms with Crippen molar-refractivity contribution in [1.29, 1.82) is 0 Å². The van der Waals surface area contributed by atoms with Crippen LogP contribution in [-0.4, -0.2) is 13.2 Å². The van der Waals surface area contributed by atoms with Crippen LogP contribution in [0.1, 0.15) is 58.2 Å². The van der Waals surface area contributed by atoms with Crippen LogP contribution in [0.5, 0.6) is 11.5 Å². The lowest BCUT2D eigenvalue weighted by Gasteiger charge is -2.32. The van der Waals surface area contributed by atoms with Gasteiger partial charge in [-0.25, -0.2) is 0 Å². The first-order chi connectivity index (χ1) is 30.7. The topological polar surface area (TPSA) is 51.2 Å². The molecule has 7 heteroatoms. The van der Waals surface area contributed by atoms with Crippen LogP contribution >= 0.6 is 11.6 Å². The van der Waals surface area contributed by atoms with Crippen LogP contribution in [0.4, 0.5) is 34.1 Å². The van der Waals surface area contributed by atoms with Gasteiger partial charge in [-0.15, -0.1) is 0 Å². The minimum absolute atomic E-state index is 0.0263. The molecule has 1 aliphatic heterocycles. The summed E-state index contributed by atoms with van der Waals surface area (Å²) < 4.78 is 25.2. The largest absolute Gasteiger partial charge is 0.486 e. The molecule has 320 valence electrons. The molecule has 6 nitrogen and oxygen atoms in total. The normalized spacial score (nSPS) is 12.8. The lowest BCUT2D eigenvalue weighted by molar-refractivity contribution is 0.171. The number of nitrogens with zero attached hydrogens (tertiary/aromatic N) is 2. The Bertz CT molecular complexity index is 3030. The van der Waals surface area contributed by atoms with Gasteiger partial charge in [0.2, 0.25) is 0 Å². The van der Waals surface area contributed by atoms with Crippen molar-refractivity contribution in [3.8, 4) is 34.1 Å². The molecule has 0 unspecified atom stereocenters. The molecule has 7 aromatic carbocycles. The fourth-order valence-electron chi connectivity index (χ4n) is 8.59. The Kier molecular flexibility index (Phi) is 10.3. The molecular weight excluding hydrogens is 812 g/mol. The fraction of sp³-hybridized carbons (Fsp3) is 0.193. The third-order valence-electron chi connectivity index (χ3n) is 12.0. The van der Waals surface area contributed by atoms with E-state index in [0.29, 0.717) is 24.0 Å². The number of halogens is 1. The molecule has 0 aliphatic carbocycles. The van der Waals surface area contributed by atoms with Crippen LogP contribution in [-0.2, 0) is 10.8 Å². The van der Waals surface area contributed by atoms with Crippen molar-refractivity contribution in [3.63, 3.8) is 0 Å². The molecule has 0 bridgehead atoms. The van der Waals surface area contributed by atoms with E-state index in [1.54, 1.807) is 0 Å². The predicted octanol–water partition coefficient (Wildman–Crippen LogP) is 16.8. The first kappa shape index (κ1) is 41.1. The zero-order chi connectivity index (χ0) is 44.3. The highest BCUT2D eigenvalue weighted by Gasteiger charge is 2.25. The smallest absolute Gasteiger partial charge is 0.163 e. The van der Waals surface area contributed by atoms with Crippen LogP contribution in [0.15, 0.2) is 167 Å². The Morgan fingerprint density at radius 3 is 1.56 bits per heavy atom. The van der Waals surface area contributed by atoms with Gasteiger partial charge in [0.15, 0.2) is 11.5 Å². The first-order valence-corrected chi connectivity index (χ1v) is 22.3. The van der Waals surface area contributed by atoms with Gasteiger partial charge < -0.3 is 28.1 Å². The van der Waals surface area contributed by atoms with Crippen molar-refractivity contribution in [3.05, 3.63) is 179 Å². The second-order valence-corrected chi connectivity index (χ2v) is 19.2. The summed E-state index contributed by atoms with van der Waals surface area (Å²) in [5, 5.41) is 2.73. The minimum atomic E-state index is -0.0817. The van der Waals surface area contributed by atoms with Gasteiger partial charge >= 0.3 is 0 Å². The highest BCUT2D eigenvalue weighted by molar-refractivity contribution is 6.33. The van der Waals surface area contributed by atoms with Crippen LogP contribution in [0.2, 0.25) is 5.02 Å². The summed E-state index contributed by atoms with van der Waals surface area (Å²) in [6, 6.07) is 55.2. The zero-order valence-corrected chi connectivity index (χ0v) is 38.1. The molecule has 0 radical (unpaired) electrons. The van der Waals surface area contributed by atoms with Gasteiger partial charge in [-0.3, -0.25) is 0 Å². The number of furan rings is 2. The average molecular weight is 863 g/mol. The summed E-state index contributed by atoms with van der Waals surface area (Å²) in [6.07, 6.45) is 0. The third kappa shape index (κ3) is 7.99. The van der Waals surface area contributed by atoms with Gasteiger partial charge in [0, 0.05) is 50.7 Å². The molecule has 0 fully saturated rings. The third-order valence-corrected chi connectivity index (χ3v) is 12.3. The standard InChI is InChI=1S/C57H51ClN2O4/c1-36-26-45(34-46(27-36)60(44-21-23-52-55(35-44)62-25-24-61-52)49-22-18-42(33-48(49)58)57(5,6)7)59(43-19-16-41(17-20-43)56(2,3)4)47-29-39(53-31-37-12-8-10-14-50(37)63-53)28-40(30-47)54-32-38-13-9-11-15-51(38)64-54/h8-23,26-35H,24-25H2,1-7H3. The van der Waals surface area contributed by atoms with Gasteiger partial charge in [-0.2, -0.15) is 0 Å². The molecule has 0 saturated carbocycles. The number of fused-ring (bicyclic) bond motifs is 3. The van der Waals surface area contributed by atoms with Gasteiger partial charge in [0.25, 0.3) is 0 Å². The molecule has 0 N–H and O–H groups in total. The van der Waals surface area contributed by atoms with Gasteiger partial charge in [-0.05, 0) is 132 Å². The van der Waals surface area contributed by atoms with Crippen LogP contribution in [0.3, 0.4) is 0 Å². The second-order valence-electron chi connectivity index (χ2n) is 18.8. The number of aryl methyl sites for hydroxylation is 1. The molecule has 0 spiro atoms. The monoisotopic (exact) mass is 862 g/mol. The summed E-state index contributed by atoms with van der Waals surface area (Å²) >= 11 is 7.34. The number of anilines is 6. The summed E-state index contributed by atoms with van der Waals surface area (Å²) in [6.45, 7) is 16.5. The Morgan fingerprint density at radius 2 is 0.984 bits per heavy atom. The van der Waals surface area contributed by atoms with E-state index in [1.807, 2.05) is 48.5 Å². The van der Waals surface area contributed by atoms with Crippen molar-refractivity contribution in [1.82, 2.24) is 0 Å². The lowest BCUT2D eigenvalue weighted by atomic mass is 9.87. The quantitative estimate of drug-likeness (QED) is 0.152. The molecule has 9 aromatic rings. The maximum Gasteiger partial charge on any atom is 0.163 e. The van der Waals surface area contributed by atoms with Gasteiger partial charge in [0.05, 0.1) is 16.4 Å². The summed E-state index contributed by atoms with van der Waals surface area (Å²) in [5.41, 5.74) is 12.5. The number of para-hydroxylation sites is 2. The van der Waals surface area contributed by atoms with E-state index < -0.39 is 0 Å². The number of benzene rings is 7. The summed E-state index contributed by atoms with van der Waals surface area (Å²) in [7, 11) is 0. The van der Waals surface area contributed by atoms with Crippen LogP contribution in [0.25, 0.3) is 44.6 Å². The summed E-state index contributed by atoms with van der Waals surface area (Å²) in [4.78, 5) is 4.54. The summed E-state index contributed by atoms with van der Waals surface area (Å²) in [5.74, 6) is 2.96. The first-order valence-electron chi connectivity index (χ1n) is 21.9. The lowest BCUT2D eigenvalue weighted by Crippen LogP contribution is -2.17. The number of hydrogen-bond donors (Lipinski definition) is 0. The predicted molar refractivity (Wildman–Crippen MR) is 264 cm³/mol. The van der Waals surface area contributed by atoms with Gasteiger partial charge in [0.1, 0.15) is 35.9 Å². The fourth-order valence-corrected chi connectivity index (χ4v) is 8.85. The maximum absolute atomic E-state index is 7.34. The SMILES string of the molecule is Cc1cc(N(c2ccc(C(C)(C)C)cc2)c2cc(-c3cc4ccccc4o3)cc(-c3cc4ccccc4o3)c2)cc(N(c2ccc3c(c2)OCCO3)c2ccc(C(C)(C)C)cc2Cl)c1. The highest BCUT2D eigenvalue weighted by atomic mass is 35.5. The van der Waals surface area contributed by atoms with E-state index in [9.17, 15) is 0 Å². The van der Waals surface area contributed by atoms with E-state index in [-0.39, 0.29) is 10.8 Å². The molecule has 1 aliphatic rings. The Labute approximate surface area is 380 Å². The molecule has 0 atom stereocenters. The van der Waals surface area contributed by atoms with Crippen LogP contribution in [0, 0.1) is 6.92 Å². The highest BCUT2D eigenvalue weighted by Crippen LogP contribution is 2.48. The molecule has 2 aromatic heterocycles. The molecular formula is C57H51ClN2O4. The average Bonchev–Trinajstić information content (AvgIpc) is 3.92. The van der Waals surface area contributed by atoms with E-state index in [0.717, 1.165) is 95.6 Å². The zero-order valence-electron chi connectivity index (χ0n) is 37.3. The molecule has 0 amide bonds. The van der Waals surface area contributed by atoms with E-state index in [1.165, 1.54) is 5.56 Å². The Hall–Kier alpha value is -6.89. The van der Waals surface area contributed by atoms with Crippen molar-refractivity contribution < 1.29 is 18.3 Å².